The number of ether oxygens (including phenoxy) is 1. The van der Waals surface area contributed by atoms with E-state index >= 15 is 0 Å². The molecule has 0 aliphatic heterocycles. The van der Waals surface area contributed by atoms with Crippen molar-refractivity contribution in [3.05, 3.63) is 90.4 Å². The minimum atomic E-state index is -3.40. The maximum Gasteiger partial charge on any atom is 0.211 e. The quantitative estimate of drug-likeness (QED) is 0.423. The number of hydrogen-bond acceptors (Lipinski definition) is 4. The van der Waals surface area contributed by atoms with E-state index in [-0.39, 0.29) is 11.6 Å². The molecular formula is C24H24FN3O3S. The number of fused-ring (bicyclic) bond motifs is 1. The van der Waals surface area contributed by atoms with E-state index in [4.69, 9.17) is 4.74 Å². The molecule has 4 aromatic rings. The van der Waals surface area contributed by atoms with Crippen LogP contribution in [0.25, 0.3) is 16.6 Å². The summed E-state index contributed by atoms with van der Waals surface area (Å²) in [5, 5.41) is 5.26. The lowest BCUT2D eigenvalue weighted by atomic mass is 10.0. The van der Waals surface area contributed by atoms with Crippen LogP contribution in [0.1, 0.15) is 25.5 Å². The first-order valence-electron chi connectivity index (χ1n) is 10.3. The van der Waals surface area contributed by atoms with Gasteiger partial charge in [0, 0.05) is 5.39 Å². The molecule has 166 valence electrons. The molecule has 0 aliphatic rings. The molecule has 3 aromatic carbocycles. The van der Waals surface area contributed by atoms with E-state index in [2.05, 4.69) is 9.82 Å². The fraction of sp³-hybridized carbons (Fsp3) is 0.208. The molecule has 4 rings (SSSR count). The first-order valence-corrected chi connectivity index (χ1v) is 12.0. The maximum atomic E-state index is 13.3. The first-order chi connectivity index (χ1) is 15.4. The molecule has 8 heteroatoms. The van der Waals surface area contributed by atoms with Crippen molar-refractivity contribution in [2.75, 3.05) is 5.75 Å². The monoisotopic (exact) mass is 453 g/mol. The van der Waals surface area contributed by atoms with Crippen molar-refractivity contribution in [1.82, 2.24) is 14.5 Å². The molecule has 0 fully saturated rings. The molecule has 1 aromatic heterocycles. The van der Waals surface area contributed by atoms with Crippen molar-refractivity contribution in [2.24, 2.45) is 0 Å². The van der Waals surface area contributed by atoms with Gasteiger partial charge in [-0.3, -0.25) is 0 Å². The summed E-state index contributed by atoms with van der Waals surface area (Å²) in [6.07, 6.45) is 1.19. The standard InChI is InChI=1S/C24H24FN3O3S/c1-3-32(29,30)27-17(2)24(18-7-5-4-6-8-18)31-22-13-14-23-19(15-22)16-26-28(23)21-11-9-20(25)10-12-21/h4-17,24,27H,3H2,1-2H3/t17-,24-/m0/s1. The Morgan fingerprint density at radius 3 is 2.47 bits per heavy atom. The Bertz CT molecular complexity index is 1310. The Kier molecular flexibility index (Phi) is 6.25. The van der Waals surface area contributed by atoms with Crippen LogP contribution in [0.4, 0.5) is 4.39 Å². The highest BCUT2D eigenvalue weighted by Gasteiger charge is 2.25. The van der Waals surface area contributed by atoms with Gasteiger partial charge in [-0.2, -0.15) is 5.10 Å². The molecule has 0 bridgehead atoms. The molecule has 0 amide bonds. The average molecular weight is 454 g/mol. The Balaban J connectivity index is 1.64. The van der Waals surface area contributed by atoms with E-state index in [0.717, 1.165) is 22.2 Å². The second kappa shape index (κ2) is 9.10. The molecule has 6 nitrogen and oxygen atoms in total. The Labute approximate surface area is 186 Å². The van der Waals surface area contributed by atoms with Gasteiger partial charge in [-0.15, -0.1) is 0 Å². The second-order valence-electron chi connectivity index (χ2n) is 7.51. The van der Waals surface area contributed by atoms with Crippen LogP contribution < -0.4 is 9.46 Å². The number of rotatable bonds is 8. The molecule has 0 unspecified atom stereocenters. The van der Waals surface area contributed by atoms with Crippen molar-refractivity contribution in [2.45, 2.75) is 26.0 Å². The van der Waals surface area contributed by atoms with Gasteiger partial charge in [0.25, 0.3) is 0 Å². The molecule has 0 saturated carbocycles. The molecule has 2 atom stereocenters. The van der Waals surface area contributed by atoms with Crippen LogP contribution >= 0.6 is 0 Å². The summed E-state index contributed by atoms with van der Waals surface area (Å²) in [6.45, 7) is 3.39. The normalized spacial score (nSPS) is 13.7. The zero-order valence-corrected chi connectivity index (χ0v) is 18.6. The van der Waals surface area contributed by atoms with Crippen molar-refractivity contribution in [3.8, 4) is 11.4 Å². The van der Waals surface area contributed by atoms with Gasteiger partial charge in [-0.05, 0) is 61.9 Å². The van der Waals surface area contributed by atoms with Crippen LogP contribution in [0.5, 0.6) is 5.75 Å². The zero-order valence-electron chi connectivity index (χ0n) is 17.8. The van der Waals surface area contributed by atoms with Gasteiger partial charge in [0.1, 0.15) is 17.7 Å². The van der Waals surface area contributed by atoms with Crippen LogP contribution in [0.2, 0.25) is 0 Å². The lowest BCUT2D eigenvalue weighted by Crippen LogP contribution is -2.39. The minimum Gasteiger partial charge on any atom is -0.484 e. The summed E-state index contributed by atoms with van der Waals surface area (Å²) < 4.78 is 48.2. The second-order valence-corrected chi connectivity index (χ2v) is 9.56. The summed E-state index contributed by atoms with van der Waals surface area (Å²) in [6, 6.07) is 20.7. The molecular weight excluding hydrogens is 429 g/mol. The van der Waals surface area contributed by atoms with Crippen LogP contribution in [-0.4, -0.2) is 30.0 Å². The predicted molar refractivity (Wildman–Crippen MR) is 123 cm³/mol. The molecule has 1 N–H and O–H groups in total. The van der Waals surface area contributed by atoms with Crippen molar-refractivity contribution >= 4 is 20.9 Å². The molecule has 1 heterocycles. The summed E-state index contributed by atoms with van der Waals surface area (Å²) >= 11 is 0. The number of nitrogens with zero attached hydrogens (tertiary/aromatic N) is 2. The smallest absolute Gasteiger partial charge is 0.211 e. The largest absolute Gasteiger partial charge is 0.484 e. The number of hydrogen-bond donors (Lipinski definition) is 1. The molecule has 0 aliphatic carbocycles. The number of sulfonamides is 1. The zero-order chi connectivity index (χ0) is 22.7. The number of aromatic nitrogens is 2. The van der Waals surface area contributed by atoms with Gasteiger partial charge >= 0.3 is 0 Å². The van der Waals surface area contributed by atoms with E-state index in [1.54, 1.807) is 36.9 Å². The van der Waals surface area contributed by atoms with E-state index < -0.39 is 22.2 Å². The lowest BCUT2D eigenvalue weighted by molar-refractivity contribution is 0.173. The van der Waals surface area contributed by atoms with Gasteiger partial charge in [-0.25, -0.2) is 22.2 Å². The summed E-state index contributed by atoms with van der Waals surface area (Å²) in [4.78, 5) is 0. The van der Waals surface area contributed by atoms with Gasteiger partial charge < -0.3 is 4.74 Å². The molecule has 0 spiro atoms. The topological polar surface area (TPSA) is 73.2 Å². The van der Waals surface area contributed by atoms with Crippen LogP contribution in [0.3, 0.4) is 0 Å². The summed E-state index contributed by atoms with van der Waals surface area (Å²) in [5.41, 5.74) is 2.46. The van der Waals surface area contributed by atoms with Gasteiger partial charge in [-0.1, -0.05) is 30.3 Å². The van der Waals surface area contributed by atoms with Gasteiger partial charge in [0.05, 0.1) is 29.2 Å². The van der Waals surface area contributed by atoms with Crippen molar-refractivity contribution in [1.29, 1.82) is 0 Å². The number of benzene rings is 3. The van der Waals surface area contributed by atoms with E-state index in [1.807, 2.05) is 48.5 Å². The Hall–Kier alpha value is -3.23. The predicted octanol–water partition coefficient (Wildman–Crippen LogP) is 4.61. The molecule has 0 saturated heterocycles. The fourth-order valence-electron chi connectivity index (χ4n) is 3.55. The minimum absolute atomic E-state index is 0.00657. The average Bonchev–Trinajstić information content (AvgIpc) is 3.21. The Morgan fingerprint density at radius 1 is 1.06 bits per heavy atom. The molecule has 0 radical (unpaired) electrons. The summed E-state index contributed by atoms with van der Waals surface area (Å²) in [7, 11) is -3.40. The highest BCUT2D eigenvalue weighted by atomic mass is 32.2. The lowest BCUT2D eigenvalue weighted by Gasteiger charge is -2.26. The van der Waals surface area contributed by atoms with Crippen LogP contribution in [0.15, 0.2) is 79.0 Å². The van der Waals surface area contributed by atoms with Gasteiger partial charge in [0.2, 0.25) is 10.0 Å². The first kappa shape index (κ1) is 22.0. The SMILES string of the molecule is CCS(=O)(=O)N[C@@H](C)[C@H](Oc1ccc2c(cnn2-c2ccc(F)cc2)c1)c1ccccc1. The third-order valence-corrected chi connectivity index (χ3v) is 6.69. The van der Waals surface area contributed by atoms with Crippen LogP contribution in [-0.2, 0) is 10.0 Å². The Morgan fingerprint density at radius 2 is 1.78 bits per heavy atom. The van der Waals surface area contributed by atoms with E-state index in [9.17, 15) is 12.8 Å². The maximum absolute atomic E-state index is 13.3. The third kappa shape index (κ3) is 4.81. The van der Waals surface area contributed by atoms with Crippen LogP contribution in [0, 0.1) is 5.82 Å². The third-order valence-electron chi connectivity index (χ3n) is 5.20. The summed E-state index contributed by atoms with van der Waals surface area (Å²) in [5.74, 6) is 0.279. The molecule has 32 heavy (non-hydrogen) atoms. The van der Waals surface area contributed by atoms with E-state index in [1.165, 1.54) is 12.1 Å². The number of nitrogens with one attached hydrogen (secondary N) is 1. The highest BCUT2D eigenvalue weighted by Crippen LogP contribution is 2.29. The van der Waals surface area contributed by atoms with E-state index in [0.29, 0.717) is 5.75 Å². The van der Waals surface area contributed by atoms with Crippen molar-refractivity contribution in [3.63, 3.8) is 0 Å². The number of halogens is 1. The van der Waals surface area contributed by atoms with Gasteiger partial charge in [0.15, 0.2) is 0 Å². The fourth-order valence-corrected chi connectivity index (χ4v) is 4.41. The van der Waals surface area contributed by atoms with Crippen molar-refractivity contribution < 1.29 is 17.5 Å². The highest BCUT2D eigenvalue weighted by molar-refractivity contribution is 7.89.